The van der Waals surface area contributed by atoms with Gasteiger partial charge in [0.15, 0.2) is 0 Å². The van der Waals surface area contributed by atoms with Crippen molar-refractivity contribution in [1.29, 1.82) is 0 Å². The molecule has 0 atom stereocenters. The molecule has 0 bridgehead atoms. The Balaban J connectivity index is 2.60. The second-order valence-corrected chi connectivity index (χ2v) is 4.24. The van der Waals surface area contributed by atoms with Crippen molar-refractivity contribution in [3.05, 3.63) is 59.5 Å². The first-order valence-electron chi connectivity index (χ1n) is 6.21. The Morgan fingerprint density at radius 3 is 2.55 bits per heavy atom. The normalized spacial score (nSPS) is 10.2. The van der Waals surface area contributed by atoms with E-state index in [2.05, 4.69) is 13.2 Å². The molecule has 1 aromatic carbocycles. The average Bonchev–Trinajstić information content (AvgIpc) is 2.41. The van der Waals surface area contributed by atoms with E-state index in [4.69, 9.17) is 13.9 Å². The van der Waals surface area contributed by atoms with Gasteiger partial charge in [-0.15, -0.1) is 0 Å². The zero-order valence-corrected chi connectivity index (χ0v) is 11.3. The summed E-state index contributed by atoms with van der Waals surface area (Å²) in [5.74, 6) is 1.16. The predicted octanol–water partition coefficient (Wildman–Crippen LogP) is 3.23. The van der Waals surface area contributed by atoms with Gasteiger partial charge in [0.1, 0.15) is 30.3 Å². The van der Waals surface area contributed by atoms with Gasteiger partial charge in [-0.3, -0.25) is 0 Å². The first kappa shape index (κ1) is 13.9. The lowest BCUT2D eigenvalue weighted by atomic mass is 10.1. The maximum atomic E-state index is 11.5. The zero-order valence-electron chi connectivity index (χ0n) is 11.3. The van der Waals surface area contributed by atoms with Gasteiger partial charge in [-0.05, 0) is 12.5 Å². The molecule has 0 saturated heterocycles. The molecule has 0 aliphatic carbocycles. The molecule has 104 valence electrons. The maximum Gasteiger partial charge on any atom is 0.336 e. The Kier molecular flexibility index (Phi) is 4.25. The Labute approximate surface area is 116 Å². The van der Waals surface area contributed by atoms with Crippen molar-refractivity contribution < 1.29 is 13.9 Å². The van der Waals surface area contributed by atoms with Gasteiger partial charge in [-0.1, -0.05) is 25.3 Å². The Morgan fingerprint density at radius 2 is 1.85 bits per heavy atom. The molecule has 4 heteroatoms. The van der Waals surface area contributed by atoms with E-state index in [-0.39, 0.29) is 0 Å². The predicted molar refractivity (Wildman–Crippen MR) is 78.6 cm³/mol. The number of fused-ring (bicyclic) bond motifs is 1. The van der Waals surface area contributed by atoms with Gasteiger partial charge in [0, 0.05) is 18.2 Å². The monoisotopic (exact) mass is 272 g/mol. The molecular formula is C16H16O4. The lowest BCUT2D eigenvalue weighted by Gasteiger charge is -2.11. The average molecular weight is 272 g/mol. The molecule has 20 heavy (non-hydrogen) atoms. The molecule has 0 amide bonds. The second kappa shape index (κ2) is 6.10. The van der Waals surface area contributed by atoms with Crippen LogP contribution in [0, 0.1) is 6.92 Å². The van der Waals surface area contributed by atoms with E-state index >= 15 is 0 Å². The van der Waals surface area contributed by atoms with E-state index in [0.717, 1.165) is 10.9 Å². The van der Waals surface area contributed by atoms with Crippen molar-refractivity contribution in [3.8, 4) is 11.5 Å². The molecule has 1 heterocycles. The molecule has 0 unspecified atom stereocenters. The van der Waals surface area contributed by atoms with Crippen LogP contribution in [0.25, 0.3) is 11.0 Å². The highest BCUT2D eigenvalue weighted by Gasteiger charge is 2.11. The minimum absolute atomic E-state index is 0.360. The molecule has 2 rings (SSSR count). The maximum absolute atomic E-state index is 11.5. The molecule has 0 aliphatic rings. The second-order valence-electron chi connectivity index (χ2n) is 4.24. The third kappa shape index (κ3) is 2.91. The summed E-state index contributed by atoms with van der Waals surface area (Å²) >= 11 is 0. The fourth-order valence-electron chi connectivity index (χ4n) is 1.92. The third-order valence-electron chi connectivity index (χ3n) is 2.70. The van der Waals surface area contributed by atoms with E-state index in [1.54, 1.807) is 24.3 Å². The van der Waals surface area contributed by atoms with E-state index < -0.39 is 5.63 Å². The lowest BCUT2D eigenvalue weighted by Crippen LogP contribution is -2.02. The van der Waals surface area contributed by atoms with E-state index in [0.29, 0.717) is 30.3 Å². The van der Waals surface area contributed by atoms with Gasteiger partial charge in [0.25, 0.3) is 0 Å². The van der Waals surface area contributed by atoms with Crippen LogP contribution in [-0.4, -0.2) is 13.2 Å². The summed E-state index contributed by atoms with van der Waals surface area (Å²) in [6.07, 6.45) is 3.29. The van der Waals surface area contributed by atoms with E-state index in [9.17, 15) is 4.79 Å². The fraction of sp³-hybridized carbons (Fsp3) is 0.188. The molecular weight excluding hydrogens is 256 g/mol. The number of hydrogen-bond acceptors (Lipinski definition) is 4. The van der Waals surface area contributed by atoms with Crippen LogP contribution in [0.5, 0.6) is 11.5 Å². The summed E-state index contributed by atoms with van der Waals surface area (Å²) < 4.78 is 16.3. The van der Waals surface area contributed by atoms with Crippen molar-refractivity contribution in [1.82, 2.24) is 0 Å². The standard InChI is InChI=1S/C16H16O4/c1-4-6-18-12-9-13(19-7-5-2)16-11(3)8-15(17)20-14(16)10-12/h4-5,8-10H,1-2,6-7H2,3H3. The first-order chi connectivity index (χ1) is 9.65. The third-order valence-corrected chi connectivity index (χ3v) is 2.70. The van der Waals surface area contributed by atoms with E-state index in [1.165, 1.54) is 6.07 Å². The fourth-order valence-corrected chi connectivity index (χ4v) is 1.92. The van der Waals surface area contributed by atoms with Crippen LogP contribution in [0.15, 0.2) is 52.7 Å². The van der Waals surface area contributed by atoms with Crippen molar-refractivity contribution in [2.45, 2.75) is 6.92 Å². The molecule has 0 saturated carbocycles. The lowest BCUT2D eigenvalue weighted by molar-refractivity contribution is 0.347. The minimum atomic E-state index is -0.398. The van der Waals surface area contributed by atoms with Crippen molar-refractivity contribution >= 4 is 11.0 Å². The highest BCUT2D eigenvalue weighted by molar-refractivity contribution is 5.88. The highest BCUT2D eigenvalue weighted by Crippen LogP contribution is 2.32. The summed E-state index contributed by atoms with van der Waals surface area (Å²) in [4.78, 5) is 11.5. The highest BCUT2D eigenvalue weighted by atomic mass is 16.5. The van der Waals surface area contributed by atoms with Gasteiger partial charge in [0.2, 0.25) is 0 Å². The largest absolute Gasteiger partial charge is 0.489 e. The topological polar surface area (TPSA) is 48.7 Å². The molecule has 0 fully saturated rings. The SMILES string of the molecule is C=CCOc1cc(OCC=C)c2c(C)cc(=O)oc2c1. The van der Waals surface area contributed by atoms with Crippen LogP contribution < -0.4 is 15.1 Å². The molecule has 0 aliphatic heterocycles. The molecule has 0 N–H and O–H groups in total. The van der Waals surface area contributed by atoms with Crippen molar-refractivity contribution in [2.75, 3.05) is 13.2 Å². The summed E-state index contributed by atoms with van der Waals surface area (Å²) in [7, 11) is 0. The molecule has 2 aromatic rings. The summed E-state index contributed by atoms with van der Waals surface area (Å²) in [6, 6.07) is 4.88. The smallest absolute Gasteiger partial charge is 0.336 e. The van der Waals surface area contributed by atoms with Crippen LogP contribution in [0.4, 0.5) is 0 Å². The number of hydrogen-bond donors (Lipinski definition) is 0. The van der Waals surface area contributed by atoms with Crippen LogP contribution >= 0.6 is 0 Å². The summed E-state index contributed by atoms with van der Waals surface area (Å²) in [6.45, 7) is 9.78. The number of benzene rings is 1. The van der Waals surface area contributed by atoms with Crippen molar-refractivity contribution in [3.63, 3.8) is 0 Å². The number of ether oxygens (including phenoxy) is 2. The molecule has 1 aromatic heterocycles. The van der Waals surface area contributed by atoms with Crippen LogP contribution in [0.2, 0.25) is 0 Å². The molecule has 4 nitrogen and oxygen atoms in total. The van der Waals surface area contributed by atoms with Crippen LogP contribution in [0.3, 0.4) is 0 Å². The van der Waals surface area contributed by atoms with Crippen molar-refractivity contribution in [2.24, 2.45) is 0 Å². The summed E-state index contributed by atoms with van der Waals surface area (Å²) in [5, 5.41) is 0.761. The Bertz CT molecular complexity index is 697. The van der Waals surface area contributed by atoms with Gasteiger partial charge in [-0.2, -0.15) is 0 Å². The van der Waals surface area contributed by atoms with Gasteiger partial charge < -0.3 is 13.9 Å². The zero-order chi connectivity index (χ0) is 14.5. The Hall–Kier alpha value is -2.49. The Morgan fingerprint density at radius 1 is 1.15 bits per heavy atom. The van der Waals surface area contributed by atoms with Gasteiger partial charge in [0.05, 0.1) is 5.39 Å². The van der Waals surface area contributed by atoms with Crippen LogP contribution in [0.1, 0.15) is 5.56 Å². The molecule has 0 spiro atoms. The quantitative estimate of drug-likeness (QED) is 0.598. The van der Waals surface area contributed by atoms with Crippen LogP contribution in [-0.2, 0) is 0 Å². The minimum Gasteiger partial charge on any atom is -0.489 e. The first-order valence-corrected chi connectivity index (χ1v) is 6.21. The number of rotatable bonds is 6. The van der Waals surface area contributed by atoms with Gasteiger partial charge in [-0.25, -0.2) is 4.79 Å². The van der Waals surface area contributed by atoms with Gasteiger partial charge >= 0.3 is 5.63 Å². The van der Waals surface area contributed by atoms with E-state index in [1.807, 2.05) is 6.92 Å². The molecule has 0 radical (unpaired) electrons. The summed E-state index contributed by atoms with van der Waals surface area (Å²) in [5.41, 5.74) is 0.840. The number of aryl methyl sites for hydroxylation is 1.